The van der Waals surface area contributed by atoms with Crippen LogP contribution in [0.3, 0.4) is 0 Å². The molecule has 1 aliphatic rings. The third-order valence-corrected chi connectivity index (χ3v) is 3.65. The maximum atomic E-state index is 7.32. The summed E-state index contributed by atoms with van der Waals surface area (Å²) in [5.74, 6) is 0. The number of nitrogens with zero attached hydrogens (tertiary/aromatic N) is 1. The number of benzene rings is 1. The predicted octanol–water partition coefficient (Wildman–Crippen LogP) is 5.13. The van der Waals surface area contributed by atoms with Gasteiger partial charge in [0.25, 0.3) is 0 Å². The first kappa shape index (κ1) is 17.3. The lowest BCUT2D eigenvalue weighted by atomic mass is 10.1. The molecule has 0 saturated carbocycles. The highest BCUT2D eigenvalue weighted by atomic mass is 35.5. The molecule has 0 bridgehead atoms. The highest BCUT2D eigenvalue weighted by molar-refractivity contribution is 6.42. The van der Waals surface area contributed by atoms with Gasteiger partial charge in [0.2, 0.25) is 0 Å². The molecule has 1 saturated heterocycles. The summed E-state index contributed by atoms with van der Waals surface area (Å²) in [4.78, 5) is 0. The molecule has 0 amide bonds. The van der Waals surface area contributed by atoms with Crippen molar-refractivity contribution in [3.63, 3.8) is 0 Å². The van der Waals surface area contributed by atoms with Crippen molar-refractivity contribution in [3.05, 3.63) is 33.8 Å². The topological polar surface area (TPSA) is 42.2 Å². The minimum Gasteiger partial charge on any atom is -0.353 e. The fourth-order valence-corrected chi connectivity index (χ4v) is 2.20. The van der Waals surface area contributed by atoms with Crippen LogP contribution in [0.25, 0.3) is 0 Å². The van der Waals surface area contributed by atoms with Crippen molar-refractivity contribution in [2.75, 3.05) is 6.61 Å². The van der Waals surface area contributed by atoms with Gasteiger partial charge in [-0.1, -0.05) is 29.3 Å². The molecule has 1 fully saturated rings. The first-order valence-electron chi connectivity index (χ1n) is 6.61. The van der Waals surface area contributed by atoms with Gasteiger partial charge in [-0.2, -0.15) is 5.26 Å². The van der Waals surface area contributed by atoms with Crippen LogP contribution in [0, 0.1) is 11.3 Å². The zero-order valence-corrected chi connectivity index (χ0v) is 13.2. The van der Waals surface area contributed by atoms with Crippen molar-refractivity contribution in [2.45, 2.75) is 45.5 Å². The van der Waals surface area contributed by atoms with E-state index in [0.717, 1.165) is 25.0 Å². The van der Waals surface area contributed by atoms with Gasteiger partial charge in [0.15, 0.2) is 6.29 Å². The maximum absolute atomic E-state index is 7.32. The van der Waals surface area contributed by atoms with Crippen molar-refractivity contribution in [1.29, 1.82) is 5.26 Å². The molecule has 2 unspecified atom stereocenters. The molecule has 3 nitrogen and oxygen atoms in total. The zero-order valence-electron chi connectivity index (χ0n) is 11.7. The van der Waals surface area contributed by atoms with Gasteiger partial charge in [0.05, 0.1) is 22.2 Å². The van der Waals surface area contributed by atoms with E-state index >= 15 is 0 Å². The molecule has 20 heavy (non-hydrogen) atoms. The molecule has 1 aliphatic heterocycles. The number of nitriles is 1. The average molecular weight is 316 g/mol. The highest BCUT2D eigenvalue weighted by Crippen LogP contribution is 2.28. The molecule has 0 radical (unpaired) electrons. The summed E-state index contributed by atoms with van der Waals surface area (Å²) in [5, 5.41) is 8.45. The van der Waals surface area contributed by atoms with E-state index in [1.54, 1.807) is 12.1 Å². The Morgan fingerprint density at radius 1 is 1.35 bits per heavy atom. The van der Waals surface area contributed by atoms with Crippen LogP contribution in [-0.2, 0) is 9.47 Å². The van der Waals surface area contributed by atoms with Gasteiger partial charge < -0.3 is 9.47 Å². The summed E-state index contributed by atoms with van der Waals surface area (Å²) in [6.45, 7) is 4.22. The standard InChI is InChI=1S/C13H16Cl2O2.C2H3N/c1-9(17-13-4-2-3-7-16-13)10-5-6-11(14)12(15)8-10;1-2-3/h5-6,8-9,13H,2-4,7H2,1H3;1H3. The van der Waals surface area contributed by atoms with E-state index in [-0.39, 0.29) is 12.4 Å². The van der Waals surface area contributed by atoms with Gasteiger partial charge in [-0.15, -0.1) is 0 Å². The Hall–Kier alpha value is -0.790. The Morgan fingerprint density at radius 2 is 2.05 bits per heavy atom. The zero-order chi connectivity index (χ0) is 15.0. The van der Waals surface area contributed by atoms with Gasteiger partial charge in [-0.05, 0) is 43.9 Å². The van der Waals surface area contributed by atoms with Crippen molar-refractivity contribution in [1.82, 2.24) is 0 Å². The van der Waals surface area contributed by atoms with Crippen molar-refractivity contribution >= 4 is 23.2 Å². The minimum atomic E-state index is -0.0896. The van der Waals surface area contributed by atoms with E-state index < -0.39 is 0 Å². The summed E-state index contributed by atoms with van der Waals surface area (Å²) in [6.07, 6.45) is 3.13. The van der Waals surface area contributed by atoms with Crippen molar-refractivity contribution in [2.24, 2.45) is 0 Å². The maximum Gasteiger partial charge on any atom is 0.158 e. The van der Waals surface area contributed by atoms with Crippen LogP contribution >= 0.6 is 23.2 Å². The van der Waals surface area contributed by atoms with Crippen molar-refractivity contribution in [3.8, 4) is 6.07 Å². The van der Waals surface area contributed by atoms with Crippen LogP contribution in [0.2, 0.25) is 10.0 Å². The molecule has 5 heteroatoms. The lowest BCUT2D eigenvalue weighted by molar-refractivity contribution is -0.186. The summed E-state index contributed by atoms with van der Waals surface area (Å²) >= 11 is 11.9. The lowest BCUT2D eigenvalue weighted by Gasteiger charge is -2.26. The normalized spacial score (nSPS) is 19.4. The molecule has 2 atom stereocenters. The molecular weight excluding hydrogens is 297 g/mol. The molecule has 2 rings (SSSR count). The highest BCUT2D eigenvalue weighted by Gasteiger charge is 2.18. The molecule has 0 aromatic heterocycles. The molecule has 0 spiro atoms. The molecule has 1 aromatic rings. The first-order chi connectivity index (χ1) is 9.58. The Morgan fingerprint density at radius 3 is 2.60 bits per heavy atom. The number of hydrogen-bond acceptors (Lipinski definition) is 3. The molecule has 0 N–H and O–H groups in total. The van der Waals surface area contributed by atoms with Crippen LogP contribution in [0.15, 0.2) is 18.2 Å². The largest absolute Gasteiger partial charge is 0.353 e. The minimum absolute atomic E-state index is 0.0344. The van der Waals surface area contributed by atoms with Crippen LogP contribution in [-0.4, -0.2) is 12.9 Å². The Labute approximate surface area is 130 Å². The van der Waals surface area contributed by atoms with Gasteiger partial charge >= 0.3 is 0 Å². The monoisotopic (exact) mass is 315 g/mol. The first-order valence-corrected chi connectivity index (χ1v) is 7.37. The number of rotatable bonds is 3. The smallest absolute Gasteiger partial charge is 0.158 e. The van der Waals surface area contributed by atoms with E-state index in [2.05, 4.69) is 0 Å². The second-order valence-electron chi connectivity index (χ2n) is 4.47. The second-order valence-corrected chi connectivity index (χ2v) is 5.29. The number of ether oxygens (including phenoxy) is 2. The summed E-state index contributed by atoms with van der Waals surface area (Å²) in [7, 11) is 0. The van der Waals surface area contributed by atoms with E-state index in [1.807, 2.05) is 19.1 Å². The Bertz CT molecular complexity index is 454. The van der Waals surface area contributed by atoms with E-state index in [4.69, 9.17) is 37.9 Å². The van der Waals surface area contributed by atoms with E-state index in [1.165, 1.54) is 13.3 Å². The van der Waals surface area contributed by atoms with Crippen LogP contribution < -0.4 is 0 Å². The lowest BCUT2D eigenvalue weighted by Crippen LogP contribution is -2.23. The van der Waals surface area contributed by atoms with Crippen molar-refractivity contribution < 1.29 is 9.47 Å². The SMILES string of the molecule is CC#N.CC(OC1CCCCO1)c1ccc(Cl)c(Cl)c1. The summed E-state index contributed by atoms with van der Waals surface area (Å²) in [6, 6.07) is 7.32. The summed E-state index contributed by atoms with van der Waals surface area (Å²) < 4.78 is 11.4. The van der Waals surface area contributed by atoms with Gasteiger partial charge in [0.1, 0.15) is 0 Å². The molecular formula is C15H19Cl2NO2. The van der Waals surface area contributed by atoms with Crippen LogP contribution in [0.1, 0.15) is 44.8 Å². The Balaban J connectivity index is 0.000000612. The van der Waals surface area contributed by atoms with Gasteiger partial charge in [-0.25, -0.2) is 0 Å². The average Bonchev–Trinajstić information content (AvgIpc) is 2.44. The predicted molar refractivity (Wildman–Crippen MR) is 80.8 cm³/mol. The van der Waals surface area contributed by atoms with Crippen LogP contribution in [0.4, 0.5) is 0 Å². The molecule has 1 aromatic carbocycles. The number of hydrogen-bond donors (Lipinski definition) is 0. The second kappa shape index (κ2) is 9.20. The van der Waals surface area contributed by atoms with Gasteiger partial charge in [-0.3, -0.25) is 0 Å². The van der Waals surface area contributed by atoms with E-state index in [0.29, 0.717) is 10.0 Å². The summed E-state index contributed by atoms with van der Waals surface area (Å²) in [5.41, 5.74) is 1.02. The number of halogens is 2. The third-order valence-electron chi connectivity index (χ3n) is 2.91. The fourth-order valence-electron chi connectivity index (χ4n) is 1.89. The molecule has 0 aliphatic carbocycles. The van der Waals surface area contributed by atoms with Crippen LogP contribution in [0.5, 0.6) is 0 Å². The third kappa shape index (κ3) is 5.68. The Kier molecular flexibility index (Phi) is 7.94. The fraction of sp³-hybridized carbons (Fsp3) is 0.533. The van der Waals surface area contributed by atoms with E-state index in [9.17, 15) is 0 Å². The quantitative estimate of drug-likeness (QED) is 0.776. The molecule has 1 heterocycles. The van der Waals surface area contributed by atoms with Gasteiger partial charge in [0, 0.05) is 13.5 Å². The molecule has 110 valence electrons.